The minimum atomic E-state index is -1.90. The van der Waals surface area contributed by atoms with Crippen LogP contribution in [0.1, 0.15) is 39.7 Å². The molecule has 3 heterocycles. The molecule has 3 aliphatic rings. The van der Waals surface area contributed by atoms with Crippen LogP contribution < -0.4 is 24.5 Å². The number of rotatable bonds is 5. The van der Waals surface area contributed by atoms with Gasteiger partial charge in [0.1, 0.15) is 42.2 Å². The van der Waals surface area contributed by atoms with Crippen molar-refractivity contribution < 1.29 is 28.8 Å². The molecule has 0 saturated heterocycles. The van der Waals surface area contributed by atoms with Gasteiger partial charge in [0.15, 0.2) is 11.2 Å². The average Bonchev–Trinajstić information content (AvgIpc) is 3.62. The quantitative estimate of drug-likeness (QED) is 0.422. The summed E-state index contributed by atoms with van der Waals surface area (Å²) in [7, 11) is 4.67. The van der Waals surface area contributed by atoms with Crippen molar-refractivity contribution in [3.05, 3.63) is 111 Å². The van der Waals surface area contributed by atoms with Gasteiger partial charge in [-0.15, -0.1) is 0 Å². The fraction of sp³-hybridized carbons (Fsp3) is 0.267. The Bertz CT molecular complexity index is 1670. The van der Waals surface area contributed by atoms with E-state index < -0.39 is 17.1 Å². The van der Waals surface area contributed by atoms with Crippen molar-refractivity contribution >= 4 is 0 Å². The Morgan fingerprint density at radius 2 is 1.72 bits per heavy atom. The van der Waals surface area contributed by atoms with E-state index >= 15 is 0 Å². The number of aliphatic hydroxyl groups is 1. The van der Waals surface area contributed by atoms with E-state index in [0.717, 1.165) is 5.56 Å². The van der Waals surface area contributed by atoms with Crippen molar-refractivity contribution in [1.82, 2.24) is 9.55 Å². The molecular formula is C30H26N2O7. The van der Waals surface area contributed by atoms with E-state index in [4.69, 9.17) is 28.7 Å². The molecule has 0 unspecified atom stereocenters. The lowest BCUT2D eigenvalue weighted by atomic mass is 9.70. The van der Waals surface area contributed by atoms with E-state index in [1.54, 1.807) is 26.4 Å². The second kappa shape index (κ2) is 8.33. The van der Waals surface area contributed by atoms with Crippen molar-refractivity contribution in [1.29, 1.82) is 0 Å². The predicted molar refractivity (Wildman–Crippen MR) is 139 cm³/mol. The Balaban J connectivity index is 1.65. The van der Waals surface area contributed by atoms with Crippen LogP contribution in [-0.4, -0.2) is 36.0 Å². The van der Waals surface area contributed by atoms with Gasteiger partial charge in [-0.2, -0.15) is 0 Å². The molecule has 0 spiro atoms. The third kappa shape index (κ3) is 2.91. The van der Waals surface area contributed by atoms with E-state index in [-0.39, 0.29) is 24.6 Å². The normalized spacial score (nSPS) is 23.8. The minimum Gasteiger partial charge on any atom is -0.497 e. The van der Waals surface area contributed by atoms with Gasteiger partial charge in [-0.25, -0.2) is 4.98 Å². The van der Waals surface area contributed by atoms with Gasteiger partial charge in [0.2, 0.25) is 0 Å². The fourth-order valence-corrected chi connectivity index (χ4v) is 6.42. The van der Waals surface area contributed by atoms with Crippen LogP contribution in [0.4, 0.5) is 0 Å². The first-order valence-corrected chi connectivity index (χ1v) is 12.6. The molecular weight excluding hydrogens is 500 g/mol. The van der Waals surface area contributed by atoms with Crippen LogP contribution in [0.3, 0.4) is 0 Å². The maximum atomic E-state index is 14.2. The van der Waals surface area contributed by atoms with Crippen LogP contribution in [-0.2, 0) is 29.3 Å². The van der Waals surface area contributed by atoms with Crippen LogP contribution in [0.15, 0.2) is 71.5 Å². The zero-order valence-corrected chi connectivity index (χ0v) is 21.6. The number of methoxy groups -OCH3 is 3. The molecule has 2 aliphatic heterocycles. The van der Waals surface area contributed by atoms with Crippen molar-refractivity contribution in [2.24, 2.45) is 0 Å². The summed E-state index contributed by atoms with van der Waals surface area (Å²) in [6.07, 6.45) is 0. The highest BCUT2D eigenvalue weighted by atomic mass is 16.5. The average molecular weight is 527 g/mol. The molecule has 3 aromatic carbocycles. The van der Waals surface area contributed by atoms with Gasteiger partial charge in [0, 0.05) is 17.7 Å². The standard InChI is InChI=1S/C30H26N2O7/c1-35-19-11-9-18(10-12-19)30-25(17-7-5-4-6-8-17)24-27(31-23-15-38-16-32(23)28(24)33)29(30,34)26-21(37-3)13-20(36-2)14-22(26)39-30/h4-14,25,34H,15-16H2,1-3H3/t25-,29+,30+/m1/s1. The summed E-state index contributed by atoms with van der Waals surface area (Å²) >= 11 is 0. The molecule has 7 rings (SSSR count). The van der Waals surface area contributed by atoms with Crippen LogP contribution in [0, 0.1) is 0 Å². The van der Waals surface area contributed by atoms with Crippen molar-refractivity contribution in [3.63, 3.8) is 0 Å². The summed E-state index contributed by atoms with van der Waals surface area (Å²) in [5.74, 6) is 1.62. The van der Waals surface area contributed by atoms with Gasteiger partial charge in [0.05, 0.1) is 44.1 Å². The zero-order valence-electron chi connectivity index (χ0n) is 21.6. The SMILES string of the molecule is COc1ccc([C@@]23Oc4cc(OC)cc(OC)c4[C@]2(O)c2nc4n(c(=O)c2[C@H]3c2ccccc2)COC4)cc1. The summed E-state index contributed by atoms with van der Waals surface area (Å²) in [5.41, 5.74) is -1.26. The van der Waals surface area contributed by atoms with E-state index in [1.807, 2.05) is 54.6 Å². The molecule has 198 valence electrons. The van der Waals surface area contributed by atoms with Gasteiger partial charge in [-0.05, 0) is 17.7 Å². The summed E-state index contributed by atoms with van der Waals surface area (Å²) in [5, 5.41) is 13.2. The number of hydrogen-bond acceptors (Lipinski definition) is 8. The maximum absolute atomic E-state index is 14.2. The molecule has 1 aromatic heterocycles. The third-order valence-electron chi connectivity index (χ3n) is 8.09. The molecule has 1 aliphatic carbocycles. The first kappa shape index (κ1) is 23.8. The number of nitrogens with zero attached hydrogens (tertiary/aromatic N) is 2. The van der Waals surface area contributed by atoms with Crippen molar-refractivity contribution in [2.75, 3.05) is 21.3 Å². The summed E-state index contributed by atoms with van der Waals surface area (Å²) in [4.78, 5) is 19.1. The van der Waals surface area contributed by atoms with E-state index in [0.29, 0.717) is 45.5 Å². The molecule has 0 radical (unpaired) electrons. The highest BCUT2D eigenvalue weighted by molar-refractivity contribution is 5.68. The summed E-state index contributed by atoms with van der Waals surface area (Å²) in [6.45, 7) is 0.263. The number of benzene rings is 3. The topological polar surface area (TPSA) is 101 Å². The number of hydrogen-bond donors (Lipinski definition) is 1. The van der Waals surface area contributed by atoms with Crippen LogP contribution >= 0.6 is 0 Å². The molecule has 9 nitrogen and oxygen atoms in total. The molecule has 0 amide bonds. The smallest absolute Gasteiger partial charge is 0.259 e. The fourth-order valence-electron chi connectivity index (χ4n) is 6.42. The van der Waals surface area contributed by atoms with Crippen molar-refractivity contribution in [3.8, 4) is 23.0 Å². The lowest BCUT2D eigenvalue weighted by Gasteiger charge is -2.40. The minimum absolute atomic E-state index is 0.0991. The van der Waals surface area contributed by atoms with Crippen LogP contribution in [0.25, 0.3) is 0 Å². The Hall–Kier alpha value is -4.34. The first-order chi connectivity index (χ1) is 19.0. The van der Waals surface area contributed by atoms with Gasteiger partial charge in [-0.3, -0.25) is 9.36 Å². The van der Waals surface area contributed by atoms with Gasteiger partial charge in [0.25, 0.3) is 5.56 Å². The number of ether oxygens (including phenoxy) is 5. The first-order valence-electron chi connectivity index (χ1n) is 12.6. The van der Waals surface area contributed by atoms with Gasteiger partial charge in [-0.1, -0.05) is 42.5 Å². The van der Waals surface area contributed by atoms with Crippen LogP contribution in [0.2, 0.25) is 0 Å². The van der Waals surface area contributed by atoms with Crippen LogP contribution in [0.5, 0.6) is 23.0 Å². The number of fused-ring (bicyclic) bond motifs is 6. The Morgan fingerprint density at radius 1 is 0.974 bits per heavy atom. The van der Waals surface area contributed by atoms with E-state index in [2.05, 4.69) is 0 Å². The number of aromatic nitrogens is 2. The summed E-state index contributed by atoms with van der Waals surface area (Å²) < 4.78 is 30.8. The Kier molecular flexibility index (Phi) is 5.07. The largest absolute Gasteiger partial charge is 0.497 e. The van der Waals surface area contributed by atoms with E-state index in [1.165, 1.54) is 11.7 Å². The highest BCUT2D eigenvalue weighted by Crippen LogP contribution is 2.69. The molecule has 0 saturated carbocycles. The maximum Gasteiger partial charge on any atom is 0.259 e. The second-order valence-corrected chi connectivity index (χ2v) is 9.82. The van der Waals surface area contributed by atoms with E-state index in [9.17, 15) is 9.90 Å². The van der Waals surface area contributed by atoms with Gasteiger partial charge < -0.3 is 28.8 Å². The molecule has 39 heavy (non-hydrogen) atoms. The third-order valence-corrected chi connectivity index (χ3v) is 8.09. The molecule has 4 aromatic rings. The van der Waals surface area contributed by atoms with Gasteiger partial charge >= 0.3 is 0 Å². The van der Waals surface area contributed by atoms with Crippen molar-refractivity contribution in [2.45, 2.75) is 30.5 Å². The molecule has 9 heteroatoms. The Labute approximate surface area is 224 Å². The summed E-state index contributed by atoms with van der Waals surface area (Å²) in [6, 6.07) is 20.3. The molecule has 3 atom stereocenters. The molecule has 1 N–H and O–H groups in total. The zero-order chi connectivity index (χ0) is 26.9. The molecule has 0 fully saturated rings. The highest BCUT2D eigenvalue weighted by Gasteiger charge is 2.74. The lowest BCUT2D eigenvalue weighted by molar-refractivity contribution is -0.0911. The second-order valence-electron chi connectivity index (χ2n) is 9.82. The monoisotopic (exact) mass is 526 g/mol. The lowest BCUT2D eigenvalue weighted by Crippen LogP contribution is -2.49. The molecule has 0 bridgehead atoms. The predicted octanol–water partition coefficient (Wildman–Crippen LogP) is 3.43. The Morgan fingerprint density at radius 3 is 2.41 bits per heavy atom.